The van der Waals surface area contributed by atoms with Crippen LogP contribution in [0.2, 0.25) is 5.02 Å². The Morgan fingerprint density at radius 1 is 0.889 bits per heavy atom. The Morgan fingerprint density at radius 2 is 1.51 bits per heavy atom. The first kappa shape index (κ1) is 34.2. The predicted molar refractivity (Wildman–Crippen MR) is 184 cm³/mol. The van der Waals surface area contributed by atoms with E-state index >= 15 is 0 Å². The monoisotopic (exact) mass is 709 g/mol. The Bertz CT molecular complexity index is 1700. The number of hydrogen-bond donors (Lipinski definition) is 1. The van der Waals surface area contributed by atoms with Gasteiger partial charge >= 0.3 is 0 Å². The number of nitrogens with zero attached hydrogens (tertiary/aromatic N) is 2. The van der Waals surface area contributed by atoms with Crippen molar-refractivity contribution in [2.24, 2.45) is 0 Å². The van der Waals surface area contributed by atoms with E-state index in [-0.39, 0.29) is 35.5 Å². The van der Waals surface area contributed by atoms with Crippen molar-refractivity contribution in [1.82, 2.24) is 10.2 Å². The number of hydrogen-bond acceptors (Lipinski definition) is 4. The van der Waals surface area contributed by atoms with Gasteiger partial charge in [0.15, 0.2) is 0 Å². The van der Waals surface area contributed by atoms with Crippen molar-refractivity contribution in [1.29, 1.82) is 0 Å². The van der Waals surface area contributed by atoms with Gasteiger partial charge in [-0.15, -0.1) is 0 Å². The van der Waals surface area contributed by atoms with Crippen LogP contribution in [0.4, 0.5) is 5.69 Å². The van der Waals surface area contributed by atoms with Gasteiger partial charge in [-0.1, -0.05) is 101 Å². The number of benzene rings is 4. The first-order chi connectivity index (χ1) is 21.5. The average Bonchev–Trinajstić information content (AvgIpc) is 3.04. The fourth-order valence-electron chi connectivity index (χ4n) is 4.77. The lowest BCUT2D eigenvalue weighted by atomic mass is 10.0. The van der Waals surface area contributed by atoms with Crippen molar-refractivity contribution in [2.45, 2.75) is 57.1 Å². The number of halogens is 2. The summed E-state index contributed by atoms with van der Waals surface area (Å²) in [5.74, 6) is -0.844. The number of sulfonamides is 1. The Labute approximate surface area is 279 Å². The van der Waals surface area contributed by atoms with E-state index < -0.39 is 28.5 Å². The first-order valence-corrected chi connectivity index (χ1v) is 17.3. The molecule has 0 bridgehead atoms. The van der Waals surface area contributed by atoms with Crippen LogP contribution in [0.1, 0.15) is 37.0 Å². The van der Waals surface area contributed by atoms with Crippen LogP contribution >= 0.6 is 27.5 Å². The fourth-order valence-corrected chi connectivity index (χ4v) is 6.63. The maximum atomic E-state index is 14.5. The molecule has 4 aromatic rings. The number of carbonyl (C=O) groups is 2. The maximum absolute atomic E-state index is 14.5. The number of aryl methyl sites for hydroxylation is 1. The van der Waals surface area contributed by atoms with E-state index in [2.05, 4.69) is 21.2 Å². The molecule has 0 spiro atoms. The van der Waals surface area contributed by atoms with Crippen LogP contribution in [0.25, 0.3) is 0 Å². The lowest BCUT2D eigenvalue weighted by Crippen LogP contribution is -2.54. The average molecular weight is 711 g/mol. The summed E-state index contributed by atoms with van der Waals surface area (Å²) in [6, 6.07) is 28.8. The summed E-state index contributed by atoms with van der Waals surface area (Å²) in [5.41, 5.74) is 2.67. The van der Waals surface area contributed by atoms with E-state index in [1.165, 1.54) is 17.0 Å². The second kappa shape index (κ2) is 15.6. The predicted octanol–water partition coefficient (Wildman–Crippen LogP) is 7.16. The highest BCUT2D eigenvalue weighted by Gasteiger charge is 2.35. The van der Waals surface area contributed by atoms with Gasteiger partial charge < -0.3 is 10.2 Å². The number of rotatable bonds is 13. The summed E-state index contributed by atoms with van der Waals surface area (Å²) in [7, 11) is -4.20. The van der Waals surface area contributed by atoms with Crippen LogP contribution in [-0.4, -0.2) is 43.8 Å². The van der Waals surface area contributed by atoms with E-state index in [1.807, 2.05) is 75.4 Å². The molecule has 4 rings (SSSR count). The lowest BCUT2D eigenvalue weighted by molar-refractivity contribution is -0.140. The zero-order chi connectivity index (χ0) is 32.6. The molecule has 0 aliphatic heterocycles. The van der Waals surface area contributed by atoms with Crippen molar-refractivity contribution in [3.63, 3.8) is 0 Å². The molecule has 236 valence electrons. The third-order valence-electron chi connectivity index (χ3n) is 7.59. The minimum Gasteiger partial charge on any atom is -0.352 e. The summed E-state index contributed by atoms with van der Waals surface area (Å²) in [4.78, 5) is 29.9. The summed E-state index contributed by atoms with van der Waals surface area (Å²) in [5, 5.41) is 3.42. The quantitative estimate of drug-likeness (QED) is 0.160. The molecule has 0 radical (unpaired) electrons. The van der Waals surface area contributed by atoms with Gasteiger partial charge in [-0.2, -0.15) is 0 Å². The molecule has 10 heteroatoms. The van der Waals surface area contributed by atoms with Crippen molar-refractivity contribution in [3.8, 4) is 0 Å². The molecule has 45 heavy (non-hydrogen) atoms. The second-order valence-electron chi connectivity index (χ2n) is 10.9. The third-order valence-corrected chi connectivity index (χ3v) is 10.3. The SMILES string of the molecule is CC[C@H](C)NC(=O)[C@H](Cc1ccccc1)N(Cc1ccc(Br)cc1)C(=O)CN(c1ccc(C)c(Cl)c1)S(=O)(=O)c1ccccc1. The smallest absolute Gasteiger partial charge is 0.264 e. The van der Waals surface area contributed by atoms with Gasteiger partial charge in [0.05, 0.1) is 10.6 Å². The van der Waals surface area contributed by atoms with E-state index in [9.17, 15) is 18.0 Å². The Balaban J connectivity index is 1.81. The molecule has 0 heterocycles. The Morgan fingerprint density at radius 3 is 2.11 bits per heavy atom. The highest BCUT2D eigenvalue weighted by Crippen LogP contribution is 2.29. The summed E-state index contributed by atoms with van der Waals surface area (Å²) in [6.07, 6.45) is 0.953. The first-order valence-electron chi connectivity index (χ1n) is 14.7. The third kappa shape index (κ3) is 8.96. The van der Waals surface area contributed by atoms with Crippen LogP contribution in [-0.2, 0) is 32.6 Å². The van der Waals surface area contributed by atoms with Gasteiger partial charge in [0, 0.05) is 28.5 Å². The molecular formula is C35H37BrClN3O4S. The van der Waals surface area contributed by atoms with E-state index in [1.54, 1.807) is 36.4 Å². The molecule has 2 amide bonds. The minimum absolute atomic E-state index is 0.0318. The summed E-state index contributed by atoms with van der Waals surface area (Å²) in [6.45, 7) is 5.24. The molecule has 0 aromatic heterocycles. The molecule has 7 nitrogen and oxygen atoms in total. The van der Waals surface area contributed by atoms with Gasteiger partial charge in [0.1, 0.15) is 12.6 Å². The van der Waals surface area contributed by atoms with Crippen LogP contribution in [0.3, 0.4) is 0 Å². The van der Waals surface area contributed by atoms with Gasteiger partial charge in [-0.3, -0.25) is 13.9 Å². The molecule has 0 fully saturated rings. The van der Waals surface area contributed by atoms with Crippen LogP contribution in [0, 0.1) is 6.92 Å². The Hall–Kier alpha value is -3.66. The molecular weight excluding hydrogens is 674 g/mol. The highest BCUT2D eigenvalue weighted by molar-refractivity contribution is 9.10. The zero-order valence-electron chi connectivity index (χ0n) is 25.5. The molecule has 0 aliphatic carbocycles. The van der Waals surface area contributed by atoms with E-state index in [4.69, 9.17) is 11.6 Å². The van der Waals surface area contributed by atoms with Crippen molar-refractivity contribution >= 4 is 55.1 Å². The number of nitrogens with one attached hydrogen (secondary N) is 1. The summed E-state index contributed by atoms with van der Waals surface area (Å²) < 4.78 is 30.1. The van der Waals surface area contributed by atoms with Crippen molar-refractivity contribution in [2.75, 3.05) is 10.8 Å². The molecule has 1 N–H and O–H groups in total. The van der Waals surface area contributed by atoms with Gasteiger partial charge in [-0.25, -0.2) is 8.42 Å². The minimum atomic E-state index is -4.20. The molecule has 0 unspecified atom stereocenters. The van der Waals surface area contributed by atoms with Crippen molar-refractivity contribution < 1.29 is 18.0 Å². The van der Waals surface area contributed by atoms with Crippen LogP contribution < -0.4 is 9.62 Å². The molecule has 4 aromatic carbocycles. The van der Waals surface area contributed by atoms with Crippen LogP contribution in [0.15, 0.2) is 112 Å². The number of carbonyl (C=O) groups excluding carboxylic acids is 2. The summed E-state index contributed by atoms with van der Waals surface area (Å²) >= 11 is 9.90. The maximum Gasteiger partial charge on any atom is 0.264 e. The Kier molecular flexibility index (Phi) is 11.8. The second-order valence-corrected chi connectivity index (χ2v) is 14.1. The zero-order valence-corrected chi connectivity index (χ0v) is 28.6. The highest BCUT2D eigenvalue weighted by atomic mass is 79.9. The van der Waals surface area contributed by atoms with Gasteiger partial charge in [-0.05, 0) is 73.4 Å². The standard InChI is InChI=1S/C35H37BrClN3O4S/c1-4-26(3)38-35(42)33(21-27-11-7-5-8-12-27)39(23-28-16-18-29(36)19-17-28)34(41)24-40(30-20-15-25(2)32(37)22-30)45(43,44)31-13-9-6-10-14-31/h5-20,22,26,33H,4,21,23-24H2,1-3H3,(H,38,42)/t26-,33-/m0/s1. The lowest BCUT2D eigenvalue weighted by Gasteiger charge is -2.34. The van der Waals surface area contributed by atoms with E-state index in [0.717, 1.165) is 25.5 Å². The normalized spacial score (nSPS) is 12.6. The fraction of sp³-hybridized carbons (Fsp3) is 0.257. The van der Waals surface area contributed by atoms with Gasteiger partial charge in [0.2, 0.25) is 11.8 Å². The largest absolute Gasteiger partial charge is 0.352 e. The molecule has 2 atom stereocenters. The van der Waals surface area contributed by atoms with E-state index in [0.29, 0.717) is 11.4 Å². The molecule has 0 saturated carbocycles. The van der Waals surface area contributed by atoms with Crippen LogP contribution in [0.5, 0.6) is 0 Å². The topological polar surface area (TPSA) is 86.8 Å². The molecule has 0 saturated heterocycles. The molecule has 0 aliphatic rings. The van der Waals surface area contributed by atoms with Gasteiger partial charge in [0.25, 0.3) is 10.0 Å². The number of anilines is 1. The van der Waals surface area contributed by atoms with Crippen molar-refractivity contribution in [3.05, 3.63) is 129 Å². The number of amides is 2.